The quantitative estimate of drug-likeness (QED) is 0.573. The molecule has 0 aromatic heterocycles. The zero-order valence-corrected chi connectivity index (χ0v) is 5.69. The first-order valence-electron chi connectivity index (χ1n) is 2.98. The maximum atomic E-state index is 11.7. The van der Waals surface area contributed by atoms with Crippen molar-refractivity contribution in [2.75, 3.05) is 6.54 Å². The minimum atomic E-state index is -2.48. The normalized spacial score (nSPS) is 13.7. The standard InChI is InChI=1S/C6H12F2N2/c1-4(3-9)2-5(10)6(7)8/h5-6H,1-3,9-10H2. The second-order valence-corrected chi connectivity index (χ2v) is 2.16. The Labute approximate surface area is 58.9 Å². The van der Waals surface area contributed by atoms with Crippen molar-refractivity contribution in [1.29, 1.82) is 0 Å². The first-order valence-corrected chi connectivity index (χ1v) is 2.98. The monoisotopic (exact) mass is 150 g/mol. The van der Waals surface area contributed by atoms with Crippen LogP contribution < -0.4 is 11.5 Å². The van der Waals surface area contributed by atoms with Crippen LogP contribution >= 0.6 is 0 Å². The molecule has 1 unspecified atom stereocenters. The van der Waals surface area contributed by atoms with Gasteiger partial charge in [0.25, 0.3) is 6.43 Å². The molecule has 0 bridgehead atoms. The molecule has 0 saturated heterocycles. The lowest BCUT2D eigenvalue weighted by Gasteiger charge is -2.10. The van der Waals surface area contributed by atoms with E-state index < -0.39 is 12.5 Å². The fourth-order valence-corrected chi connectivity index (χ4v) is 0.506. The van der Waals surface area contributed by atoms with E-state index in [4.69, 9.17) is 11.5 Å². The van der Waals surface area contributed by atoms with Gasteiger partial charge >= 0.3 is 0 Å². The maximum Gasteiger partial charge on any atom is 0.253 e. The van der Waals surface area contributed by atoms with Gasteiger partial charge in [0.1, 0.15) is 0 Å². The van der Waals surface area contributed by atoms with Crippen molar-refractivity contribution in [3.63, 3.8) is 0 Å². The third-order valence-electron chi connectivity index (χ3n) is 1.14. The van der Waals surface area contributed by atoms with E-state index in [0.717, 1.165) is 0 Å². The van der Waals surface area contributed by atoms with E-state index >= 15 is 0 Å². The molecule has 0 aromatic rings. The van der Waals surface area contributed by atoms with Gasteiger partial charge in [0.2, 0.25) is 0 Å². The third-order valence-corrected chi connectivity index (χ3v) is 1.14. The molecule has 0 spiro atoms. The molecular weight excluding hydrogens is 138 g/mol. The Morgan fingerprint density at radius 3 is 2.30 bits per heavy atom. The molecule has 0 heterocycles. The molecule has 0 aliphatic heterocycles. The van der Waals surface area contributed by atoms with Crippen LogP contribution in [0.25, 0.3) is 0 Å². The van der Waals surface area contributed by atoms with Crippen molar-refractivity contribution < 1.29 is 8.78 Å². The van der Waals surface area contributed by atoms with Gasteiger partial charge in [-0.1, -0.05) is 12.2 Å². The van der Waals surface area contributed by atoms with Gasteiger partial charge in [-0.3, -0.25) is 0 Å². The molecular formula is C6H12F2N2. The van der Waals surface area contributed by atoms with Crippen molar-refractivity contribution in [1.82, 2.24) is 0 Å². The molecule has 60 valence electrons. The number of hydrogen-bond donors (Lipinski definition) is 2. The van der Waals surface area contributed by atoms with Crippen molar-refractivity contribution in [2.45, 2.75) is 18.9 Å². The molecule has 4 N–H and O–H groups in total. The minimum absolute atomic E-state index is 0.105. The molecule has 10 heavy (non-hydrogen) atoms. The average molecular weight is 150 g/mol. The molecule has 0 saturated carbocycles. The summed E-state index contributed by atoms with van der Waals surface area (Å²) in [7, 11) is 0. The molecule has 2 nitrogen and oxygen atoms in total. The first kappa shape index (κ1) is 9.52. The molecule has 4 heteroatoms. The van der Waals surface area contributed by atoms with Crippen LogP contribution in [0.4, 0.5) is 8.78 Å². The summed E-state index contributed by atoms with van der Waals surface area (Å²) < 4.78 is 23.4. The molecule has 0 fully saturated rings. The summed E-state index contributed by atoms with van der Waals surface area (Å²) in [6.07, 6.45) is -2.38. The number of halogens is 2. The third kappa shape index (κ3) is 3.53. The Morgan fingerprint density at radius 2 is 2.00 bits per heavy atom. The number of alkyl halides is 2. The molecule has 1 atom stereocenters. The summed E-state index contributed by atoms with van der Waals surface area (Å²) in [4.78, 5) is 0. The van der Waals surface area contributed by atoms with E-state index in [2.05, 4.69) is 6.58 Å². The highest BCUT2D eigenvalue weighted by Crippen LogP contribution is 2.06. The molecule has 0 aliphatic rings. The summed E-state index contributed by atoms with van der Waals surface area (Å²) in [6, 6.07) is -1.11. The minimum Gasteiger partial charge on any atom is -0.327 e. The molecule has 0 aromatic carbocycles. The van der Waals surface area contributed by atoms with Crippen LogP contribution in [-0.4, -0.2) is 19.0 Å². The molecule has 0 amide bonds. The Bertz CT molecular complexity index is 114. The number of rotatable bonds is 4. The number of nitrogens with two attached hydrogens (primary N) is 2. The van der Waals surface area contributed by atoms with Gasteiger partial charge in [-0.05, 0) is 6.42 Å². The fraction of sp³-hybridized carbons (Fsp3) is 0.667. The largest absolute Gasteiger partial charge is 0.327 e. The number of hydrogen-bond acceptors (Lipinski definition) is 2. The second-order valence-electron chi connectivity index (χ2n) is 2.16. The van der Waals surface area contributed by atoms with Crippen LogP contribution in [0, 0.1) is 0 Å². The Morgan fingerprint density at radius 1 is 1.50 bits per heavy atom. The van der Waals surface area contributed by atoms with Crippen molar-refractivity contribution in [3.05, 3.63) is 12.2 Å². The highest BCUT2D eigenvalue weighted by atomic mass is 19.3. The van der Waals surface area contributed by atoms with Gasteiger partial charge in [-0.2, -0.15) is 0 Å². The van der Waals surface area contributed by atoms with Gasteiger partial charge in [0, 0.05) is 6.54 Å². The molecule has 0 radical (unpaired) electrons. The second kappa shape index (κ2) is 4.35. The van der Waals surface area contributed by atoms with Gasteiger partial charge in [0.15, 0.2) is 0 Å². The van der Waals surface area contributed by atoms with Crippen LogP contribution in [0.3, 0.4) is 0 Å². The smallest absolute Gasteiger partial charge is 0.253 e. The lowest BCUT2D eigenvalue weighted by atomic mass is 10.1. The van der Waals surface area contributed by atoms with E-state index in [1.54, 1.807) is 0 Å². The molecule has 0 aliphatic carbocycles. The average Bonchev–Trinajstić information content (AvgIpc) is 1.87. The van der Waals surface area contributed by atoms with Crippen molar-refractivity contribution >= 4 is 0 Å². The van der Waals surface area contributed by atoms with Crippen LogP contribution in [0.5, 0.6) is 0 Å². The maximum absolute atomic E-state index is 11.7. The van der Waals surface area contributed by atoms with Crippen LogP contribution in [-0.2, 0) is 0 Å². The first-order chi connectivity index (χ1) is 4.57. The highest BCUT2D eigenvalue weighted by molar-refractivity contribution is 4.98. The van der Waals surface area contributed by atoms with Crippen LogP contribution in [0.15, 0.2) is 12.2 Å². The summed E-state index contributed by atoms with van der Waals surface area (Å²) in [6.45, 7) is 3.68. The Kier molecular flexibility index (Phi) is 4.14. The summed E-state index contributed by atoms with van der Waals surface area (Å²) in [5, 5.41) is 0. The summed E-state index contributed by atoms with van der Waals surface area (Å²) in [5.41, 5.74) is 10.7. The van der Waals surface area contributed by atoms with E-state index in [1.807, 2.05) is 0 Å². The Balaban J connectivity index is 3.57. The van der Waals surface area contributed by atoms with Crippen LogP contribution in [0.1, 0.15) is 6.42 Å². The van der Waals surface area contributed by atoms with E-state index in [9.17, 15) is 8.78 Å². The SMILES string of the molecule is C=C(CN)CC(N)C(F)F. The van der Waals surface area contributed by atoms with Gasteiger partial charge in [-0.25, -0.2) is 8.78 Å². The van der Waals surface area contributed by atoms with E-state index in [1.165, 1.54) is 0 Å². The highest BCUT2D eigenvalue weighted by Gasteiger charge is 2.14. The zero-order valence-electron chi connectivity index (χ0n) is 5.69. The van der Waals surface area contributed by atoms with E-state index in [0.29, 0.717) is 5.57 Å². The van der Waals surface area contributed by atoms with Gasteiger partial charge in [-0.15, -0.1) is 0 Å². The fourth-order valence-electron chi connectivity index (χ4n) is 0.506. The topological polar surface area (TPSA) is 52.0 Å². The lowest BCUT2D eigenvalue weighted by molar-refractivity contribution is 0.116. The summed E-state index contributed by atoms with van der Waals surface area (Å²) in [5.74, 6) is 0. The summed E-state index contributed by atoms with van der Waals surface area (Å²) >= 11 is 0. The van der Waals surface area contributed by atoms with Crippen molar-refractivity contribution in [3.8, 4) is 0 Å². The van der Waals surface area contributed by atoms with Gasteiger partial charge < -0.3 is 11.5 Å². The van der Waals surface area contributed by atoms with Gasteiger partial charge in [0.05, 0.1) is 6.04 Å². The van der Waals surface area contributed by atoms with Crippen LogP contribution in [0.2, 0.25) is 0 Å². The zero-order chi connectivity index (χ0) is 8.15. The Hall–Kier alpha value is -0.480. The predicted octanol–water partition coefficient (Wildman–Crippen LogP) is 0.484. The lowest BCUT2D eigenvalue weighted by Crippen LogP contribution is -2.29. The van der Waals surface area contributed by atoms with E-state index in [-0.39, 0.29) is 13.0 Å². The van der Waals surface area contributed by atoms with Crippen molar-refractivity contribution in [2.24, 2.45) is 11.5 Å². The molecule has 0 rings (SSSR count). The predicted molar refractivity (Wildman–Crippen MR) is 36.8 cm³/mol.